The number of carbonyl (C=O) groups excluding carboxylic acids is 1. The van der Waals surface area contributed by atoms with Gasteiger partial charge in [0, 0.05) is 6.07 Å². The standard InChI is InChI=1S/C18H19NO5/c1-22-14-4-2-3-12(9-14)11-23-15-7-5-13-6-8-16(18(20)19-21)24-17(13)10-15/h2-5,7,9-10,16,21H,6,8,11H2,1H3,(H,19,20). The van der Waals surface area contributed by atoms with Crippen molar-refractivity contribution in [3.05, 3.63) is 53.6 Å². The third kappa shape index (κ3) is 3.60. The van der Waals surface area contributed by atoms with Crippen molar-refractivity contribution in [1.29, 1.82) is 0 Å². The van der Waals surface area contributed by atoms with Crippen LogP contribution in [0.3, 0.4) is 0 Å². The van der Waals surface area contributed by atoms with E-state index < -0.39 is 12.0 Å². The van der Waals surface area contributed by atoms with Gasteiger partial charge in [-0.1, -0.05) is 18.2 Å². The SMILES string of the molecule is COc1cccc(COc2ccc3c(c2)OC(C(=O)NO)CC3)c1. The molecule has 0 saturated carbocycles. The summed E-state index contributed by atoms with van der Waals surface area (Å²) in [6.07, 6.45) is 0.559. The lowest BCUT2D eigenvalue weighted by Crippen LogP contribution is -2.38. The van der Waals surface area contributed by atoms with Crippen LogP contribution in [0.1, 0.15) is 17.5 Å². The molecule has 6 nitrogen and oxygen atoms in total. The molecule has 0 saturated heterocycles. The van der Waals surface area contributed by atoms with Crippen molar-refractivity contribution in [3.8, 4) is 17.2 Å². The summed E-state index contributed by atoms with van der Waals surface area (Å²) in [4.78, 5) is 11.5. The molecule has 3 rings (SSSR count). The monoisotopic (exact) mass is 329 g/mol. The number of carbonyl (C=O) groups is 1. The highest BCUT2D eigenvalue weighted by Crippen LogP contribution is 2.31. The lowest BCUT2D eigenvalue weighted by Gasteiger charge is -2.24. The molecular formula is C18H19NO5. The van der Waals surface area contributed by atoms with E-state index in [1.165, 1.54) is 0 Å². The van der Waals surface area contributed by atoms with Crippen molar-refractivity contribution in [2.24, 2.45) is 0 Å². The van der Waals surface area contributed by atoms with E-state index in [1.807, 2.05) is 36.4 Å². The smallest absolute Gasteiger partial charge is 0.284 e. The van der Waals surface area contributed by atoms with Crippen LogP contribution in [0.4, 0.5) is 0 Å². The van der Waals surface area contributed by atoms with Crippen molar-refractivity contribution in [1.82, 2.24) is 5.48 Å². The van der Waals surface area contributed by atoms with Crippen molar-refractivity contribution in [2.45, 2.75) is 25.6 Å². The Bertz CT molecular complexity index is 731. The van der Waals surface area contributed by atoms with Gasteiger partial charge >= 0.3 is 0 Å². The molecule has 0 spiro atoms. The zero-order chi connectivity index (χ0) is 16.9. The lowest BCUT2D eigenvalue weighted by molar-refractivity contribution is -0.137. The van der Waals surface area contributed by atoms with Gasteiger partial charge in [-0.15, -0.1) is 0 Å². The summed E-state index contributed by atoms with van der Waals surface area (Å²) in [6, 6.07) is 13.2. The molecule has 24 heavy (non-hydrogen) atoms. The first-order chi connectivity index (χ1) is 11.7. The fourth-order valence-corrected chi connectivity index (χ4v) is 2.63. The third-order valence-corrected chi connectivity index (χ3v) is 3.93. The molecule has 1 amide bonds. The van der Waals surface area contributed by atoms with Crippen LogP contribution >= 0.6 is 0 Å². The molecule has 0 aromatic heterocycles. The first kappa shape index (κ1) is 16.1. The van der Waals surface area contributed by atoms with Crippen LogP contribution in [0.15, 0.2) is 42.5 Å². The Hall–Kier alpha value is -2.73. The fourth-order valence-electron chi connectivity index (χ4n) is 2.63. The number of hydroxylamine groups is 1. The number of fused-ring (bicyclic) bond motifs is 1. The number of methoxy groups -OCH3 is 1. The fraction of sp³-hybridized carbons (Fsp3) is 0.278. The Morgan fingerprint density at radius 3 is 2.96 bits per heavy atom. The van der Waals surface area contributed by atoms with E-state index in [9.17, 15) is 4.79 Å². The first-order valence-corrected chi connectivity index (χ1v) is 7.69. The van der Waals surface area contributed by atoms with Gasteiger partial charge < -0.3 is 14.2 Å². The second-order valence-electron chi connectivity index (χ2n) is 5.53. The average molecular weight is 329 g/mol. The molecule has 1 aliphatic rings. The van der Waals surface area contributed by atoms with Crippen LogP contribution in [0, 0.1) is 0 Å². The van der Waals surface area contributed by atoms with E-state index >= 15 is 0 Å². The molecule has 2 aromatic carbocycles. The Morgan fingerprint density at radius 1 is 1.29 bits per heavy atom. The topological polar surface area (TPSA) is 77.0 Å². The van der Waals surface area contributed by atoms with Crippen LogP contribution in [-0.2, 0) is 17.8 Å². The number of rotatable bonds is 5. The number of hydrogen-bond acceptors (Lipinski definition) is 5. The van der Waals surface area contributed by atoms with Crippen LogP contribution in [0.5, 0.6) is 17.2 Å². The number of nitrogens with one attached hydrogen (secondary N) is 1. The molecule has 0 bridgehead atoms. The molecule has 0 radical (unpaired) electrons. The van der Waals surface area contributed by atoms with Gasteiger partial charge in [0.05, 0.1) is 7.11 Å². The van der Waals surface area contributed by atoms with E-state index in [0.717, 1.165) is 16.9 Å². The molecule has 2 N–H and O–H groups in total. The van der Waals surface area contributed by atoms with Crippen LogP contribution < -0.4 is 19.7 Å². The maximum atomic E-state index is 11.5. The summed E-state index contributed by atoms with van der Waals surface area (Å²) in [7, 11) is 1.62. The highest BCUT2D eigenvalue weighted by Gasteiger charge is 2.26. The maximum Gasteiger partial charge on any atom is 0.284 e. The van der Waals surface area contributed by atoms with Crippen molar-refractivity contribution in [2.75, 3.05) is 7.11 Å². The molecule has 1 aliphatic heterocycles. The van der Waals surface area contributed by atoms with E-state index in [1.54, 1.807) is 18.7 Å². The zero-order valence-electron chi connectivity index (χ0n) is 13.3. The van der Waals surface area contributed by atoms with Crippen molar-refractivity contribution < 1.29 is 24.2 Å². The average Bonchev–Trinajstić information content (AvgIpc) is 2.65. The molecule has 0 fully saturated rings. The molecule has 1 unspecified atom stereocenters. The van der Waals surface area contributed by atoms with Gasteiger partial charge in [-0.25, -0.2) is 5.48 Å². The Morgan fingerprint density at radius 2 is 2.17 bits per heavy atom. The van der Waals surface area contributed by atoms with Crippen molar-refractivity contribution >= 4 is 5.91 Å². The Kier molecular flexibility index (Phi) is 4.86. The van der Waals surface area contributed by atoms with Crippen LogP contribution in [0.25, 0.3) is 0 Å². The predicted octanol–water partition coefficient (Wildman–Crippen LogP) is 2.47. The van der Waals surface area contributed by atoms with Gasteiger partial charge in [-0.05, 0) is 42.2 Å². The minimum absolute atomic E-state index is 0.399. The molecular weight excluding hydrogens is 310 g/mol. The van der Waals surface area contributed by atoms with Gasteiger partial charge in [0.25, 0.3) is 5.91 Å². The quantitative estimate of drug-likeness (QED) is 0.651. The molecule has 1 heterocycles. The van der Waals surface area contributed by atoms with Gasteiger partial charge in [0.2, 0.25) is 0 Å². The number of amides is 1. The van der Waals surface area contributed by atoms with Gasteiger partial charge in [0.15, 0.2) is 6.10 Å². The lowest BCUT2D eigenvalue weighted by atomic mass is 10.0. The molecule has 2 aromatic rings. The van der Waals surface area contributed by atoms with E-state index in [2.05, 4.69) is 0 Å². The predicted molar refractivity (Wildman–Crippen MR) is 86.4 cm³/mol. The highest BCUT2D eigenvalue weighted by atomic mass is 16.5. The van der Waals surface area contributed by atoms with Gasteiger partial charge in [0.1, 0.15) is 23.9 Å². The van der Waals surface area contributed by atoms with Crippen molar-refractivity contribution in [3.63, 3.8) is 0 Å². The van der Waals surface area contributed by atoms with E-state index in [4.69, 9.17) is 19.4 Å². The summed E-state index contributed by atoms with van der Waals surface area (Å²) in [5.74, 6) is 1.51. The number of ether oxygens (including phenoxy) is 3. The summed E-state index contributed by atoms with van der Waals surface area (Å²) in [6.45, 7) is 0.399. The minimum Gasteiger partial charge on any atom is -0.497 e. The molecule has 1 atom stereocenters. The van der Waals surface area contributed by atoms with Gasteiger partial charge in [-0.3, -0.25) is 10.0 Å². The number of benzene rings is 2. The Labute approximate surface area is 139 Å². The summed E-state index contributed by atoms with van der Waals surface area (Å²) >= 11 is 0. The third-order valence-electron chi connectivity index (χ3n) is 3.93. The highest BCUT2D eigenvalue weighted by molar-refractivity contribution is 5.80. The van der Waals surface area contributed by atoms with Gasteiger partial charge in [-0.2, -0.15) is 0 Å². The Balaban J connectivity index is 1.68. The van der Waals surface area contributed by atoms with E-state index in [-0.39, 0.29) is 0 Å². The second-order valence-corrected chi connectivity index (χ2v) is 5.53. The summed E-state index contributed by atoms with van der Waals surface area (Å²) in [5.41, 5.74) is 3.64. The molecule has 126 valence electrons. The number of aryl methyl sites for hydroxylation is 1. The largest absolute Gasteiger partial charge is 0.497 e. The second kappa shape index (κ2) is 7.23. The normalized spacial score (nSPS) is 15.8. The maximum absolute atomic E-state index is 11.5. The zero-order valence-corrected chi connectivity index (χ0v) is 13.3. The van der Waals surface area contributed by atoms with E-state index in [0.29, 0.717) is 30.9 Å². The molecule has 0 aliphatic carbocycles. The van der Waals surface area contributed by atoms with Crippen LogP contribution in [-0.4, -0.2) is 24.3 Å². The first-order valence-electron chi connectivity index (χ1n) is 7.69. The summed E-state index contributed by atoms with van der Waals surface area (Å²) < 4.78 is 16.6. The molecule has 6 heteroatoms. The number of hydrogen-bond donors (Lipinski definition) is 2. The van der Waals surface area contributed by atoms with Crippen LogP contribution in [0.2, 0.25) is 0 Å². The minimum atomic E-state index is -0.684. The summed E-state index contributed by atoms with van der Waals surface area (Å²) in [5, 5.41) is 8.73.